The van der Waals surface area contributed by atoms with Gasteiger partial charge in [-0.2, -0.15) is 12.6 Å². The molecule has 13 heteroatoms. The van der Waals surface area contributed by atoms with Crippen molar-refractivity contribution in [3.8, 4) is 0 Å². The number of hydrogen-bond acceptors (Lipinski definition) is 8. The number of thiol groups is 1. The quantitative estimate of drug-likeness (QED) is 0.141. The van der Waals surface area contributed by atoms with E-state index in [9.17, 15) is 24.0 Å². The molecule has 0 saturated carbocycles. The van der Waals surface area contributed by atoms with Crippen LogP contribution in [-0.2, 0) is 24.0 Å². The Kier molecular flexibility index (Phi) is 11.9. The first-order chi connectivity index (χ1) is 13.4. The summed E-state index contributed by atoms with van der Waals surface area (Å²) in [6.07, 6.45) is -0.689. The van der Waals surface area contributed by atoms with Crippen molar-refractivity contribution in [3.63, 3.8) is 0 Å². The van der Waals surface area contributed by atoms with Crippen LogP contribution in [0, 0.1) is 5.92 Å². The number of carbonyl (C=O) groups excluding carboxylic acids is 3. The molecule has 0 aliphatic heterocycles. The fourth-order valence-electron chi connectivity index (χ4n) is 2.03. The van der Waals surface area contributed by atoms with E-state index in [0.717, 1.165) is 0 Å². The van der Waals surface area contributed by atoms with Crippen LogP contribution in [0.1, 0.15) is 26.7 Å². The van der Waals surface area contributed by atoms with Gasteiger partial charge in [0.25, 0.3) is 0 Å². The highest BCUT2D eigenvalue weighted by atomic mass is 32.1. The van der Waals surface area contributed by atoms with Crippen LogP contribution >= 0.6 is 12.6 Å². The van der Waals surface area contributed by atoms with Gasteiger partial charge in [-0.25, -0.2) is 4.79 Å². The number of aliphatic hydroxyl groups is 1. The first kappa shape index (κ1) is 26.6. The number of carbonyl (C=O) groups is 5. The third-order valence-electron chi connectivity index (χ3n) is 3.91. The van der Waals surface area contributed by atoms with Gasteiger partial charge in [0.15, 0.2) is 0 Å². The van der Waals surface area contributed by atoms with Crippen LogP contribution in [0.2, 0.25) is 0 Å². The highest BCUT2D eigenvalue weighted by Crippen LogP contribution is 2.04. The summed E-state index contributed by atoms with van der Waals surface area (Å²) in [6, 6.07) is -5.08. The number of nitrogens with one attached hydrogen (secondary N) is 3. The Balaban J connectivity index is 5.23. The van der Waals surface area contributed by atoms with E-state index in [1.54, 1.807) is 13.8 Å². The van der Waals surface area contributed by atoms with Crippen LogP contribution in [-0.4, -0.2) is 81.5 Å². The van der Waals surface area contributed by atoms with Crippen molar-refractivity contribution in [2.24, 2.45) is 11.7 Å². The number of carboxylic acid groups (broad SMARTS) is 2. The van der Waals surface area contributed by atoms with Gasteiger partial charge in [0.1, 0.15) is 18.1 Å². The largest absolute Gasteiger partial charge is 0.481 e. The molecule has 0 aliphatic carbocycles. The monoisotopic (exact) mass is 436 g/mol. The lowest BCUT2D eigenvalue weighted by atomic mass is 10.0. The molecule has 0 aromatic rings. The maximum absolute atomic E-state index is 12.5. The molecule has 3 amide bonds. The second-order valence-corrected chi connectivity index (χ2v) is 6.95. The topological polar surface area (TPSA) is 208 Å². The molecule has 29 heavy (non-hydrogen) atoms. The predicted molar refractivity (Wildman–Crippen MR) is 104 cm³/mol. The maximum Gasteiger partial charge on any atom is 0.328 e. The Morgan fingerprint density at radius 2 is 1.38 bits per heavy atom. The van der Waals surface area contributed by atoms with Gasteiger partial charge in [-0.15, -0.1) is 0 Å². The van der Waals surface area contributed by atoms with E-state index < -0.39 is 66.9 Å². The fraction of sp³-hybridized carbons (Fsp3) is 0.688. The lowest BCUT2D eigenvalue weighted by molar-refractivity contribution is -0.143. The molecule has 0 rings (SSSR count). The zero-order chi connectivity index (χ0) is 22.7. The minimum atomic E-state index is -1.58. The Morgan fingerprint density at radius 1 is 0.897 bits per heavy atom. The van der Waals surface area contributed by atoms with Gasteiger partial charge in [-0.05, 0) is 12.3 Å². The van der Waals surface area contributed by atoms with Gasteiger partial charge in [0.05, 0.1) is 12.6 Å². The van der Waals surface area contributed by atoms with Crippen molar-refractivity contribution in [2.45, 2.75) is 50.9 Å². The molecule has 0 heterocycles. The molecule has 0 spiro atoms. The van der Waals surface area contributed by atoms with E-state index in [-0.39, 0.29) is 18.1 Å². The van der Waals surface area contributed by atoms with E-state index in [1.165, 1.54) is 0 Å². The van der Waals surface area contributed by atoms with Crippen molar-refractivity contribution in [1.29, 1.82) is 0 Å². The van der Waals surface area contributed by atoms with Gasteiger partial charge in [0.2, 0.25) is 17.7 Å². The molecule has 0 saturated heterocycles. The van der Waals surface area contributed by atoms with Crippen molar-refractivity contribution in [1.82, 2.24) is 16.0 Å². The number of aliphatic hydroxyl groups excluding tert-OH is 1. The normalized spacial score (nSPS) is 15.0. The van der Waals surface area contributed by atoms with Crippen LogP contribution in [0.15, 0.2) is 0 Å². The second kappa shape index (κ2) is 13.0. The van der Waals surface area contributed by atoms with Gasteiger partial charge in [0, 0.05) is 12.2 Å². The van der Waals surface area contributed by atoms with Gasteiger partial charge >= 0.3 is 11.9 Å². The first-order valence-corrected chi connectivity index (χ1v) is 9.40. The summed E-state index contributed by atoms with van der Waals surface area (Å²) in [5, 5.41) is 33.4. The molecule has 0 aliphatic rings. The van der Waals surface area contributed by atoms with Crippen LogP contribution in [0.4, 0.5) is 0 Å². The van der Waals surface area contributed by atoms with Gasteiger partial charge < -0.3 is 37.0 Å². The van der Waals surface area contributed by atoms with Crippen LogP contribution in [0.3, 0.4) is 0 Å². The van der Waals surface area contributed by atoms with Gasteiger partial charge in [-0.1, -0.05) is 13.8 Å². The molecule has 166 valence electrons. The summed E-state index contributed by atoms with van der Waals surface area (Å²) in [5.74, 6) is -5.57. The average molecular weight is 436 g/mol. The number of nitrogens with two attached hydrogens (primary N) is 1. The maximum atomic E-state index is 12.5. The Morgan fingerprint density at radius 3 is 1.79 bits per heavy atom. The third kappa shape index (κ3) is 9.58. The molecule has 0 fully saturated rings. The zero-order valence-electron chi connectivity index (χ0n) is 16.1. The molecule has 8 N–H and O–H groups in total. The predicted octanol–water partition coefficient (Wildman–Crippen LogP) is -2.70. The van der Waals surface area contributed by atoms with Crippen molar-refractivity contribution in [2.75, 3.05) is 12.4 Å². The van der Waals surface area contributed by atoms with E-state index in [4.69, 9.17) is 21.1 Å². The number of hydrogen-bond donors (Lipinski definition) is 8. The second-order valence-electron chi connectivity index (χ2n) is 6.59. The molecule has 4 atom stereocenters. The fourth-order valence-corrected chi connectivity index (χ4v) is 2.29. The number of amides is 3. The smallest absolute Gasteiger partial charge is 0.328 e. The lowest BCUT2D eigenvalue weighted by Gasteiger charge is -2.24. The third-order valence-corrected chi connectivity index (χ3v) is 4.28. The SMILES string of the molecule is CC(C)C(N)C(=O)NC(CCC(=O)O)C(=O)NC(CS)C(=O)NC(CO)C(=O)O. The Labute approximate surface area is 173 Å². The molecule has 4 unspecified atom stereocenters. The van der Waals surface area contributed by atoms with Crippen molar-refractivity contribution in [3.05, 3.63) is 0 Å². The number of carboxylic acids is 2. The van der Waals surface area contributed by atoms with Crippen LogP contribution in [0.25, 0.3) is 0 Å². The summed E-state index contributed by atoms with van der Waals surface area (Å²) in [4.78, 5) is 58.5. The Bertz CT molecular complexity index is 616. The molecular weight excluding hydrogens is 408 g/mol. The Hall–Kier alpha value is -2.38. The highest BCUT2D eigenvalue weighted by Gasteiger charge is 2.30. The minimum absolute atomic E-state index is 0.222. The zero-order valence-corrected chi connectivity index (χ0v) is 17.0. The minimum Gasteiger partial charge on any atom is -0.481 e. The van der Waals surface area contributed by atoms with E-state index in [1.807, 2.05) is 5.32 Å². The van der Waals surface area contributed by atoms with Gasteiger partial charge in [-0.3, -0.25) is 19.2 Å². The standard InChI is InChI=1S/C16H28N4O8S/c1-7(2)12(17)15(26)18-8(3-4-11(22)23)13(24)20-10(6-29)14(25)19-9(5-21)16(27)28/h7-10,12,21,29H,3-6,17H2,1-2H3,(H,18,26)(H,19,25)(H,20,24)(H,22,23)(H,27,28). The highest BCUT2D eigenvalue weighted by molar-refractivity contribution is 7.80. The average Bonchev–Trinajstić information content (AvgIpc) is 2.65. The van der Waals surface area contributed by atoms with E-state index in [0.29, 0.717) is 0 Å². The molecule has 0 bridgehead atoms. The van der Waals surface area contributed by atoms with E-state index >= 15 is 0 Å². The van der Waals surface area contributed by atoms with Crippen molar-refractivity contribution >= 4 is 42.3 Å². The molecule has 0 aromatic carbocycles. The number of rotatable bonds is 13. The van der Waals surface area contributed by atoms with Crippen molar-refractivity contribution < 1.29 is 39.3 Å². The molecule has 12 nitrogen and oxygen atoms in total. The summed E-state index contributed by atoms with van der Waals surface area (Å²) in [5.41, 5.74) is 5.72. The molecular formula is C16H28N4O8S. The lowest BCUT2D eigenvalue weighted by Crippen LogP contribution is -2.58. The van der Waals surface area contributed by atoms with Crippen LogP contribution < -0.4 is 21.7 Å². The summed E-state index contributed by atoms with van der Waals surface area (Å²) >= 11 is 3.93. The summed E-state index contributed by atoms with van der Waals surface area (Å²) in [6.45, 7) is 2.52. The first-order valence-electron chi connectivity index (χ1n) is 8.77. The molecule has 0 aromatic heterocycles. The van der Waals surface area contributed by atoms with E-state index in [2.05, 4.69) is 23.3 Å². The molecule has 0 radical (unpaired) electrons. The summed E-state index contributed by atoms with van der Waals surface area (Å²) in [7, 11) is 0. The summed E-state index contributed by atoms with van der Waals surface area (Å²) < 4.78 is 0. The number of aliphatic carboxylic acids is 2. The van der Waals surface area contributed by atoms with Crippen LogP contribution in [0.5, 0.6) is 0 Å².